The molecule has 2 rings (SSSR count). The molecule has 70 valence electrons. The fourth-order valence-electron chi connectivity index (χ4n) is 1.15. The first-order valence-electron chi connectivity index (χ1n) is 4.04. The maximum absolute atomic E-state index is 11.1. The second-order valence-corrected chi connectivity index (χ2v) is 3.87. The molecule has 2 aromatic rings. The predicted molar refractivity (Wildman–Crippen MR) is 55.8 cm³/mol. The van der Waals surface area contributed by atoms with Gasteiger partial charge in [-0.3, -0.25) is 9.59 Å². The van der Waals surface area contributed by atoms with E-state index in [0.717, 1.165) is 16.9 Å². The molecule has 2 heterocycles. The number of H-pyrrole nitrogens is 1. The number of aromatic nitrogens is 1. The minimum atomic E-state index is -0.0418. The molecule has 4 heteroatoms. The molecule has 0 fully saturated rings. The predicted octanol–water partition coefficient (Wildman–Crippen LogP) is 1.92. The first-order chi connectivity index (χ1) is 6.79. The lowest BCUT2D eigenvalue weighted by molar-refractivity contribution is 0.112. The van der Waals surface area contributed by atoms with Crippen molar-refractivity contribution in [3.05, 3.63) is 45.6 Å². The number of aldehydes is 1. The van der Waals surface area contributed by atoms with Gasteiger partial charge in [-0.25, -0.2) is 0 Å². The summed E-state index contributed by atoms with van der Waals surface area (Å²) in [6.07, 6.45) is 2.40. The highest BCUT2D eigenvalue weighted by Crippen LogP contribution is 2.24. The van der Waals surface area contributed by atoms with Gasteiger partial charge in [0.25, 0.3) is 0 Å². The van der Waals surface area contributed by atoms with Crippen LogP contribution in [0.25, 0.3) is 10.6 Å². The van der Waals surface area contributed by atoms with Gasteiger partial charge in [0.05, 0.1) is 15.4 Å². The Morgan fingerprint density at radius 3 is 2.79 bits per heavy atom. The van der Waals surface area contributed by atoms with Crippen LogP contribution in [0.2, 0.25) is 0 Å². The van der Waals surface area contributed by atoms with Gasteiger partial charge in [-0.2, -0.15) is 0 Å². The van der Waals surface area contributed by atoms with E-state index in [1.165, 1.54) is 23.5 Å². The number of thiophene rings is 1. The highest BCUT2D eigenvalue weighted by molar-refractivity contribution is 7.17. The minimum absolute atomic E-state index is 0.0418. The Morgan fingerprint density at radius 2 is 2.14 bits per heavy atom. The van der Waals surface area contributed by atoms with Gasteiger partial charge in [0.1, 0.15) is 0 Å². The van der Waals surface area contributed by atoms with Crippen LogP contribution in [0.4, 0.5) is 0 Å². The highest BCUT2D eigenvalue weighted by Gasteiger charge is 2.02. The molecule has 0 bridgehead atoms. The molecule has 0 aliphatic heterocycles. The third-order valence-electron chi connectivity index (χ3n) is 1.78. The highest BCUT2D eigenvalue weighted by atomic mass is 32.1. The molecule has 0 aliphatic carbocycles. The van der Waals surface area contributed by atoms with E-state index < -0.39 is 0 Å². The standard InChI is InChI=1S/C10H7NO2S/c12-6-8-1-2-10(14-8)9-5-7(13)3-4-11-9/h1-6H,(H,11,13). The molecule has 0 aliphatic rings. The lowest BCUT2D eigenvalue weighted by Gasteiger charge is -1.94. The SMILES string of the molecule is O=Cc1ccc(-c2cc(=O)cc[nH]2)s1. The second-order valence-electron chi connectivity index (χ2n) is 2.76. The number of nitrogens with one attached hydrogen (secondary N) is 1. The van der Waals surface area contributed by atoms with Crippen LogP contribution >= 0.6 is 11.3 Å². The number of hydrogen-bond donors (Lipinski definition) is 1. The van der Waals surface area contributed by atoms with Crippen molar-refractivity contribution in [2.24, 2.45) is 0 Å². The fourth-order valence-corrected chi connectivity index (χ4v) is 1.95. The summed E-state index contributed by atoms with van der Waals surface area (Å²) in [5.74, 6) is 0. The summed E-state index contributed by atoms with van der Waals surface area (Å²) in [5, 5.41) is 0. The molecule has 0 atom stereocenters. The van der Waals surface area contributed by atoms with E-state index in [4.69, 9.17) is 0 Å². The summed E-state index contributed by atoms with van der Waals surface area (Å²) in [4.78, 5) is 26.0. The van der Waals surface area contributed by atoms with E-state index in [1.54, 1.807) is 12.3 Å². The zero-order valence-electron chi connectivity index (χ0n) is 7.19. The van der Waals surface area contributed by atoms with Crippen molar-refractivity contribution < 1.29 is 4.79 Å². The quantitative estimate of drug-likeness (QED) is 0.761. The molecule has 0 amide bonds. The lowest BCUT2D eigenvalue weighted by Crippen LogP contribution is -1.96. The summed E-state index contributed by atoms with van der Waals surface area (Å²) < 4.78 is 0. The Balaban J connectivity index is 2.49. The molecule has 0 saturated heterocycles. The summed E-state index contributed by atoms with van der Waals surface area (Å²) >= 11 is 1.36. The van der Waals surface area contributed by atoms with Crippen molar-refractivity contribution in [3.63, 3.8) is 0 Å². The number of carbonyl (C=O) groups is 1. The second kappa shape index (κ2) is 3.59. The monoisotopic (exact) mass is 205 g/mol. The van der Waals surface area contributed by atoms with Crippen LogP contribution in [0.5, 0.6) is 0 Å². The maximum Gasteiger partial charge on any atom is 0.182 e. The summed E-state index contributed by atoms with van der Waals surface area (Å²) in [7, 11) is 0. The van der Waals surface area contributed by atoms with Crippen LogP contribution in [0.15, 0.2) is 35.3 Å². The van der Waals surface area contributed by atoms with Gasteiger partial charge in [0.15, 0.2) is 11.7 Å². The van der Waals surface area contributed by atoms with Gasteiger partial charge in [-0.1, -0.05) is 0 Å². The Bertz CT molecular complexity index is 513. The van der Waals surface area contributed by atoms with Crippen molar-refractivity contribution in [1.82, 2.24) is 4.98 Å². The van der Waals surface area contributed by atoms with Crippen molar-refractivity contribution in [3.8, 4) is 10.6 Å². The van der Waals surface area contributed by atoms with E-state index in [0.29, 0.717) is 4.88 Å². The van der Waals surface area contributed by atoms with E-state index in [-0.39, 0.29) is 5.43 Å². The Morgan fingerprint density at radius 1 is 1.29 bits per heavy atom. The van der Waals surface area contributed by atoms with Gasteiger partial charge in [-0.05, 0) is 12.1 Å². The maximum atomic E-state index is 11.1. The first kappa shape index (κ1) is 8.90. The zero-order chi connectivity index (χ0) is 9.97. The normalized spacial score (nSPS) is 10.0. The fraction of sp³-hybridized carbons (Fsp3) is 0. The average Bonchev–Trinajstić information content (AvgIpc) is 2.66. The molecule has 0 saturated carbocycles. The molecule has 0 unspecified atom stereocenters. The van der Waals surface area contributed by atoms with Crippen molar-refractivity contribution in [1.29, 1.82) is 0 Å². The molecular formula is C10H7NO2S. The first-order valence-corrected chi connectivity index (χ1v) is 4.85. The molecule has 14 heavy (non-hydrogen) atoms. The summed E-state index contributed by atoms with van der Waals surface area (Å²) in [6.45, 7) is 0. The number of pyridine rings is 1. The lowest BCUT2D eigenvalue weighted by atomic mass is 10.3. The number of aromatic amines is 1. The van der Waals surface area contributed by atoms with Crippen LogP contribution in [0.3, 0.4) is 0 Å². The van der Waals surface area contributed by atoms with Crippen LogP contribution < -0.4 is 5.43 Å². The Hall–Kier alpha value is -1.68. The van der Waals surface area contributed by atoms with Gasteiger partial charge < -0.3 is 4.98 Å². The Labute approximate surface area is 84.0 Å². The van der Waals surface area contributed by atoms with E-state index >= 15 is 0 Å². The smallest absolute Gasteiger partial charge is 0.182 e. The Kier molecular flexibility index (Phi) is 2.28. The number of hydrogen-bond acceptors (Lipinski definition) is 3. The molecule has 0 aromatic carbocycles. The molecule has 0 radical (unpaired) electrons. The topological polar surface area (TPSA) is 49.9 Å². The van der Waals surface area contributed by atoms with Crippen molar-refractivity contribution in [2.45, 2.75) is 0 Å². The molecule has 3 nitrogen and oxygen atoms in total. The third-order valence-corrected chi connectivity index (χ3v) is 2.83. The van der Waals surface area contributed by atoms with E-state index in [9.17, 15) is 9.59 Å². The molecule has 2 aromatic heterocycles. The number of rotatable bonds is 2. The molecule has 1 N–H and O–H groups in total. The van der Waals surface area contributed by atoms with Crippen LogP contribution in [0, 0.1) is 0 Å². The summed E-state index contributed by atoms with van der Waals surface area (Å²) in [5.41, 5.74) is 0.704. The van der Waals surface area contributed by atoms with E-state index in [2.05, 4.69) is 4.98 Å². The van der Waals surface area contributed by atoms with E-state index in [1.807, 2.05) is 6.07 Å². The van der Waals surface area contributed by atoms with Gasteiger partial charge >= 0.3 is 0 Å². The van der Waals surface area contributed by atoms with Crippen LogP contribution in [-0.2, 0) is 0 Å². The van der Waals surface area contributed by atoms with Crippen LogP contribution in [-0.4, -0.2) is 11.3 Å². The van der Waals surface area contributed by atoms with Gasteiger partial charge in [-0.15, -0.1) is 11.3 Å². The molecule has 0 spiro atoms. The van der Waals surface area contributed by atoms with Crippen molar-refractivity contribution in [2.75, 3.05) is 0 Å². The van der Waals surface area contributed by atoms with Crippen LogP contribution in [0.1, 0.15) is 9.67 Å². The minimum Gasteiger partial charge on any atom is -0.360 e. The largest absolute Gasteiger partial charge is 0.360 e. The van der Waals surface area contributed by atoms with Gasteiger partial charge in [0.2, 0.25) is 0 Å². The third kappa shape index (κ3) is 1.65. The summed E-state index contributed by atoms with van der Waals surface area (Å²) in [6, 6.07) is 6.52. The molecular weight excluding hydrogens is 198 g/mol. The zero-order valence-corrected chi connectivity index (χ0v) is 8.01. The number of carbonyl (C=O) groups excluding carboxylic acids is 1. The average molecular weight is 205 g/mol. The van der Waals surface area contributed by atoms with Gasteiger partial charge in [0, 0.05) is 18.3 Å². The van der Waals surface area contributed by atoms with Crippen molar-refractivity contribution >= 4 is 17.6 Å².